The van der Waals surface area contributed by atoms with Crippen molar-refractivity contribution < 1.29 is 38.5 Å². The van der Waals surface area contributed by atoms with Crippen LogP contribution < -0.4 is 0 Å². The van der Waals surface area contributed by atoms with Gasteiger partial charge in [-0.2, -0.15) is 0 Å². The first-order chi connectivity index (χ1) is 13.7. The van der Waals surface area contributed by atoms with E-state index in [4.69, 9.17) is 14.2 Å². The summed E-state index contributed by atoms with van der Waals surface area (Å²) in [6.45, 7) is 9.59. The maximum Gasteiger partial charge on any atom is 0.334 e. The lowest BCUT2D eigenvalue weighted by Crippen LogP contribution is -2.45. The monoisotopic (exact) mass is 404 g/mol. The third-order valence-corrected chi connectivity index (χ3v) is 4.71. The fourth-order valence-electron chi connectivity index (χ4n) is 3.28. The lowest BCUT2D eigenvalue weighted by Gasteiger charge is -2.33. The standard InChI is InChI=1S/C21H24O8/c1-11(2)20(25)29-19-17-12(3)21(26)28-16(17)8-14(9-22)6-5-7-15(10-23)18(19)27-13(4)24/h7-8,10,16-19,22H,1,3,5-6,9H2,2,4H3/b14-8+,15-7-/t16-,17+,18+,19+/m1/s1. The number of esters is 3. The van der Waals surface area contributed by atoms with Crippen LogP contribution in [0.25, 0.3) is 0 Å². The molecular weight excluding hydrogens is 380 g/mol. The SMILES string of the molecule is C=C(C)C(=O)O[C@H]1[C@H]2C(=C)C(=O)O[C@@H]2/C=C(/CO)CC/C=C(/C=O)[C@@H]1OC(C)=O. The van der Waals surface area contributed by atoms with E-state index < -0.39 is 42.1 Å². The predicted molar refractivity (Wildman–Crippen MR) is 101 cm³/mol. The molecule has 0 spiro atoms. The summed E-state index contributed by atoms with van der Waals surface area (Å²) in [7, 11) is 0. The van der Waals surface area contributed by atoms with Crippen LogP contribution in [-0.2, 0) is 33.4 Å². The van der Waals surface area contributed by atoms with Gasteiger partial charge in [0.1, 0.15) is 12.4 Å². The van der Waals surface area contributed by atoms with Crippen LogP contribution in [-0.4, -0.2) is 54.2 Å². The zero-order valence-corrected chi connectivity index (χ0v) is 16.4. The van der Waals surface area contributed by atoms with Crippen molar-refractivity contribution in [1.82, 2.24) is 0 Å². The summed E-state index contributed by atoms with van der Waals surface area (Å²) < 4.78 is 16.2. The number of hydrogen-bond acceptors (Lipinski definition) is 8. The first-order valence-electron chi connectivity index (χ1n) is 9.08. The lowest BCUT2D eigenvalue weighted by atomic mass is 9.83. The molecule has 0 aromatic carbocycles. The minimum Gasteiger partial charge on any atom is -0.454 e. The van der Waals surface area contributed by atoms with E-state index in [0.29, 0.717) is 24.7 Å². The summed E-state index contributed by atoms with van der Waals surface area (Å²) in [5, 5.41) is 9.61. The Bertz CT molecular complexity index is 803. The Morgan fingerprint density at radius 2 is 2.03 bits per heavy atom. The Hall–Kier alpha value is -3.00. The van der Waals surface area contributed by atoms with Crippen molar-refractivity contribution in [2.45, 2.75) is 45.0 Å². The molecule has 2 aliphatic rings. The van der Waals surface area contributed by atoms with Gasteiger partial charge in [0.15, 0.2) is 12.2 Å². The van der Waals surface area contributed by atoms with E-state index in [1.54, 1.807) is 12.2 Å². The molecule has 29 heavy (non-hydrogen) atoms. The second-order valence-electron chi connectivity index (χ2n) is 6.94. The van der Waals surface area contributed by atoms with Crippen LogP contribution in [0.3, 0.4) is 0 Å². The number of ether oxygens (including phenoxy) is 3. The molecule has 2 rings (SSSR count). The Labute approximate surface area is 168 Å². The molecule has 1 N–H and O–H groups in total. The zero-order chi connectivity index (χ0) is 21.7. The van der Waals surface area contributed by atoms with E-state index in [1.165, 1.54) is 6.92 Å². The summed E-state index contributed by atoms with van der Waals surface area (Å²) in [5.74, 6) is -3.12. The molecule has 0 unspecified atom stereocenters. The van der Waals surface area contributed by atoms with Crippen LogP contribution in [0.5, 0.6) is 0 Å². The van der Waals surface area contributed by atoms with Gasteiger partial charge in [-0.1, -0.05) is 19.2 Å². The van der Waals surface area contributed by atoms with Crippen LogP contribution in [0.4, 0.5) is 0 Å². The van der Waals surface area contributed by atoms with E-state index in [9.17, 15) is 24.3 Å². The number of aliphatic hydroxyl groups is 1. The lowest BCUT2D eigenvalue weighted by molar-refractivity contribution is -0.166. The fraction of sp³-hybridized carbons (Fsp3) is 0.429. The second kappa shape index (κ2) is 9.47. The molecule has 0 aromatic rings. The van der Waals surface area contributed by atoms with Crippen LogP contribution in [0.2, 0.25) is 0 Å². The van der Waals surface area contributed by atoms with Gasteiger partial charge in [0.2, 0.25) is 0 Å². The highest BCUT2D eigenvalue weighted by Crippen LogP contribution is 2.37. The maximum atomic E-state index is 12.3. The first-order valence-corrected chi connectivity index (χ1v) is 9.08. The van der Waals surface area contributed by atoms with Crippen molar-refractivity contribution >= 4 is 24.2 Å². The number of aldehydes is 1. The van der Waals surface area contributed by atoms with Gasteiger partial charge in [0, 0.05) is 23.6 Å². The largest absolute Gasteiger partial charge is 0.454 e. The average Bonchev–Trinajstić information content (AvgIpc) is 2.93. The first kappa shape index (κ1) is 22.3. The Balaban J connectivity index is 2.65. The molecule has 1 saturated heterocycles. The van der Waals surface area contributed by atoms with Crippen molar-refractivity contribution in [3.05, 3.63) is 47.6 Å². The Morgan fingerprint density at radius 1 is 1.34 bits per heavy atom. The van der Waals surface area contributed by atoms with Crippen LogP contribution in [0.15, 0.2) is 47.6 Å². The van der Waals surface area contributed by atoms with Crippen LogP contribution in [0.1, 0.15) is 26.7 Å². The third kappa shape index (κ3) is 5.08. The molecule has 1 fully saturated rings. The van der Waals surface area contributed by atoms with Gasteiger partial charge in [0.05, 0.1) is 12.5 Å². The molecule has 0 amide bonds. The summed E-state index contributed by atoms with van der Waals surface area (Å²) >= 11 is 0. The molecule has 8 nitrogen and oxygen atoms in total. The predicted octanol–water partition coefficient (Wildman–Crippen LogP) is 1.34. The van der Waals surface area contributed by atoms with Crippen molar-refractivity contribution in [3.63, 3.8) is 0 Å². The van der Waals surface area contributed by atoms with E-state index in [1.807, 2.05) is 0 Å². The average molecular weight is 404 g/mol. The Kier molecular flexibility index (Phi) is 7.28. The van der Waals surface area contributed by atoms with Gasteiger partial charge in [-0.3, -0.25) is 9.59 Å². The van der Waals surface area contributed by atoms with Crippen molar-refractivity contribution in [3.8, 4) is 0 Å². The van der Waals surface area contributed by atoms with Gasteiger partial charge in [0.25, 0.3) is 0 Å². The molecule has 1 aliphatic carbocycles. The summed E-state index contributed by atoms with van der Waals surface area (Å²) in [6.07, 6.45) is 0.932. The highest BCUT2D eigenvalue weighted by molar-refractivity contribution is 5.92. The van der Waals surface area contributed by atoms with Gasteiger partial charge in [-0.15, -0.1) is 0 Å². The van der Waals surface area contributed by atoms with E-state index in [0.717, 1.165) is 6.92 Å². The minimum atomic E-state index is -1.27. The van der Waals surface area contributed by atoms with Crippen LogP contribution >= 0.6 is 0 Å². The van der Waals surface area contributed by atoms with Gasteiger partial charge < -0.3 is 19.3 Å². The molecule has 4 atom stereocenters. The normalized spacial score (nSPS) is 30.6. The number of hydrogen-bond donors (Lipinski definition) is 1. The van der Waals surface area contributed by atoms with Gasteiger partial charge in [-0.05, 0) is 31.4 Å². The molecular formula is C21H24O8. The van der Waals surface area contributed by atoms with E-state index in [2.05, 4.69) is 13.2 Å². The molecule has 8 heteroatoms. The molecule has 1 heterocycles. The minimum absolute atomic E-state index is 0.00558. The van der Waals surface area contributed by atoms with Crippen molar-refractivity contribution in [2.75, 3.05) is 6.61 Å². The summed E-state index contributed by atoms with van der Waals surface area (Å²) in [4.78, 5) is 48.0. The second-order valence-corrected chi connectivity index (χ2v) is 6.94. The number of rotatable bonds is 5. The Morgan fingerprint density at radius 3 is 2.59 bits per heavy atom. The zero-order valence-electron chi connectivity index (χ0n) is 16.4. The van der Waals surface area contributed by atoms with Crippen LogP contribution in [0, 0.1) is 5.92 Å². The highest BCUT2D eigenvalue weighted by atomic mass is 16.6. The third-order valence-electron chi connectivity index (χ3n) is 4.71. The number of allylic oxidation sites excluding steroid dienone is 1. The van der Waals surface area contributed by atoms with Gasteiger partial charge >= 0.3 is 17.9 Å². The van der Waals surface area contributed by atoms with Crippen molar-refractivity contribution in [1.29, 1.82) is 0 Å². The number of aliphatic hydroxyl groups excluding tert-OH is 1. The molecule has 0 bridgehead atoms. The smallest absolute Gasteiger partial charge is 0.334 e. The number of carbonyl (C=O) groups is 4. The maximum absolute atomic E-state index is 12.3. The molecule has 0 aromatic heterocycles. The fourth-order valence-corrected chi connectivity index (χ4v) is 3.28. The van der Waals surface area contributed by atoms with Gasteiger partial charge in [-0.25, -0.2) is 9.59 Å². The molecule has 0 saturated carbocycles. The number of fused-ring (bicyclic) bond motifs is 1. The molecule has 0 radical (unpaired) electrons. The highest BCUT2D eigenvalue weighted by Gasteiger charge is 2.49. The summed E-state index contributed by atoms with van der Waals surface area (Å²) in [5.41, 5.74) is 0.745. The summed E-state index contributed by atoms with van der Waals surface area (Å²) in [6, 6.07) is 0. The quantitative estimate of drug-likeness (QED) is 0.240. The van der Waals surface area contributed by atoms with E-state index >= 15 is 0 Å². The molecule has 1 aliphatic heterocycles. The van der Waals surface area contributed by atoms with Crippen molar-refractivity contribution in [2.24, 2.45) is 5.92 Å². The topological polar surface area (TPSA) is 116 Å². The van der Waals surface area contributed by atoms with E-state index in [-0.39, 0.29) is 23.3 Å². The number of carbonyl (C=O) groups excluding carboxylic acids is 4. The molecule has 156 valence electrons.